The Hall–Kier alpha value is -0.0800. The van der Waals surface area contributed by atoms with E-state index in [9.17, 15) is 4.39 Å². The van der Waals surface area contributed by atoms with Gasteiger partial charge in [0, 0.05) is 0 Å². The van der Waals surface area contributed by atoms with Gasteiger partial charge < -0.3 is 0 Å². The number of aryl methyl sites for hydroxylation is 1. The first-order valence-corrected chi connectivity index (χ1v) is 3.89. The van der Waals surface area contributed by atoms with Gasteiger partial charge in [0.1, 0.15) is 5.82 Å². The van der Waals surface area contributed by atoms with Gasteiger partial charge in [-0.1, -0.05) is 11.6 Å². The van der Waals surface area contributed by atoms with Crippen LogP contribution < -0.4 is 0 Å². The van der Waals surface area contributed by atoms with Crippen molar-refractivity contribution in [3.63, 3.8) is 0 Å². The minimum absolute atomic E-state index is 0.315. The molecular formula is C7H5BrClF. The summed E-state index contributed by atoms with van der Waals surface area (Å²) in [5.41, 5.74) is 0.825. The van der Waals surface area contributed by atoms with E-state index in [0.29, 0.717) is 9.50 Å². The highest BCUT2D eigenvalue weighted by molar-refractivity contribution is 9.10. The van der Waals surface area contributed by atoms with Crippen molar-refractivity contribution < 1.29 is 4.39 Å². The lowest BCUT2D eigenvalue weighted by molar-refractivity contribution is 0.620. The van der Waals surface area contributed by atoms with Crippen LogP contribution in [0.3, 0.4) is 0 Å². The first-order chi connectivity index (χ1) is 4.61. The SMILES string of the molecule is Cc1cc(F)c(Br)c(Cl)c1. The molecule has 0 saturated heterocycles. The van der Waals surface area contributed by atoms with Gasteiger partial charge in [0.2, 0.25) is 0 Å². The Morgan fingerprint density at radius 2 is 2.10 bits per heavy atom. The van der Waals surface area contributed by atoms with Crippen LogP contribution in [-0.4, -0.2) is 0 Å². The molecule has 0 radical (unpaired) electrons. The van der Waals surface area contributed by atoms with Gasteiger partial charge in [-0.3, -0.25) is 0 Å². The van der Waals surface area contributed by atoms with Crippen molar-refractivity contribution >= 4 is 27.5 Å². The van der Waals surface area contributed by atoms with Crippen molar-refractivity contribution in [3.05, 3.63) is 33.0 Å². The molecule has 0 fully saturated rings. The molecule has 0 spiro atoms. The summed E-state index contributed by atoms with van der Waals surface area (Å²) in [7, 11) is 0. The van der Waals surface area contributed by atoms with Gasteiger partial charge in [0.15, 0.2) is 0 Å². The molecule has 0 N–H and O–H groups in total. The average Bonchev–Trinajstić information content (AvgIpc) is 1.82. The third-order valence-electron chi connectivity index (χ3n) is 1.13. The maximum Gasteiger partial charge on any atom is 0.139 e. The first kappa shape index (κ1) is 8.02. The predicted octanol–water partition coefficient (Wildman–Crippen LogP) is 3.55. The summed E-state index contributed by atoms with van der Waals surface area (Å²) in [6.45, 7) is 1.79. The Labute approximate surface area is 72.1 Å². The lowest BCUT2D eigenvalue weighted by Gasteiger charge is -1.98. The Morgan fingerprint density at radius 1 is 1.50 bits per heavy atom. The third-order valence-corrected chi connectivity index (χ3v) is 2.46. The molecular weight excluding hydrogens is 218 g/mol. The van der Waals surface area contributed by atoms with Crippen LogP contribution in [0, 0.1) is 12.7 Å². The summed E-state index contributed by atoms with van der Waals surface area (Å²) in [6, 6.07) is 3.13. The summed E-state index contributed by atoms with van der Waals surface area (Å²) in [4.78, 5) is 0. The molecule has 0 aliphatic heterocycles. The van der Waals surface area contributed by atoms with Crippen LogP contribution in [0.25, 0.3) is 0 Å². The fourth-order valence-corrected chi connectivity index (χ4v) is 1.17. The molecule has 0 amide bonds. The van der Waals surface area contributed by atoms with Crippen LogP contribution in [0.5, 0.6) is 0 Å². The Kier molecular flexibility index (Phi) is 2.32. The molecule has 0 nitrogen and oxygen atoms in total. The molecule has 1 rings (SSSR count). The third kappa shape index (κ3) is 1.50. The van der Waals surface area contributed by atoms with Crippen LogP contribution in [0.4, 0.5) is 4.39 Å². The standard InChI is InChI=1S/C7H5BrClF/c1-4-2-5(9)7(8)6(10)3-4/h2-3H,1H3. The molecule has 0 aromatic heterocycles. The lowest BCUT2D eigenvalue weighted by Crippen LogP contribution is -1.80. The molecule has 3 heteroatoms. The number of rotatable bonds is 0. The molecule has 10 heavy (non-hydrogen) atoms. The van der Waals surface area contributed by atoms with E-state index >= 15 is 0 Å². The van der Waals surface area contributed by atoms with Crippen molar-refractivity contribution in [2.75, 3.05) is 0 Å². The Balaban J connectivity index is 3.31. The second-order valence-corrected chi connectivity index (χ2v) is 3.24. The smallest absolute Gasteiger partial charge is 0.139 e. The van der Waals surface area contributed by atoms with Crippen molar-refractivity contribution in [2.45, 2.75) is 6.92 Å². The lowest BCUT2D eigenvalue weighted by atomic mass is 10.2. The summed E-state index contributed by atoms with van der Waals surface area (Å²) < 4.78 is 13.0. The van der Waals surface area contributed by atoms with E-state index < -0.39 is 0 Å². The van der Waals surface area contributed by atoms with Crippen LogP contribution in [-0.2, 0) is 0 Å². The van der Waals surface area contributed by atoms with Crippen LogP contribution >= 0.6 is 27.5 Å². The van der Waals surface area contributed by atoms with Gasteiger partial charge >= 0.3 is 0 Å². The van der Waals surface area contributed by atoms with Crippen LogP contribution in [0.15, 0.2) is 16.6 Å². The molecule has 0 aliphatic carbocycles. The van der Waals surface area contributed by atoms with E-state index in [-0.39, 0.29) is 5.82 Å². The molecule has 0 saturated carbocycles. The molecule has 54 valence electrons. The fourth-order valence-electron chi connectivity index (χ4n) is 0.682. The zero-order valence-corrected chi connectivity index (χ0v) is 7.63. The highest BCUT2D eigenvalue weighted by Gasteiger charge is 2.03. The maximum absolute atomic E-state index is 12.7. The molecule has 0 heterocycles. The van der Waals surface area contributed by atoms with E-state index in [2.05, 4.69) is 15.9 Å². The van der Waals surface area contributed by atoms with Gasteiger partial charge in [0.05, 0.1) is 9.50 Å². The number of hydrogen-bond acceptors (Lipinski definition) is 0. The first-order valence-electron chi connectivity index (χ1n) is 2.72. The molecule has 0 bridgehead atoms. The topological polar surface area (TPSA) is 0 Å². The minimum atomic E-state index is -0.315. The van der Waals surface area contributed by atoms with E-state index in [1.54, 1.807) is 13.0 Å². The van der Waals surface area contributed by atoms with E-state index in [1.807, 2.05) is 0 Å². The summed E-state index contributed by atoms with van der Waals surface area (Å²) in [6.07, 6.45) is 0. The second kappa shape index (κ2) is 2.89. The zero-order chi connectivity index (χ0) is 7.72. The Morgan fingerprint density at radius 3 is 2.60 bits per heavy atom. The van der Waals surface area contributed by atoms with Crippen molar-refractivity contribution in [2.24, 2.45) is 0 Å². The monoisotopic (exact) mass is 222 g/mol. The van der Waals surface area contributed by atoms with Crippen molar-refractivity contribution in [3.8, 4) is 0 Å². The van der Waals surface area contributed by atoms with Gasteiger partial charge in [-0.15, -0.1) is 0 Å². The predicted molar refractivity (Wildman–Crippen MR) is 43.8 cm³/mol. The highest BCUT2D eigenvalue weighted by atomic mass is 79.9. The fraction of sp³-hybridized carbons (Fsp3) is 0.143. The van der Waals surface area contributed by atoms with E-state index in [1.165, 1.54) is 6.07 Å². The molecule has 1 aromatic carbocycles. The molecule has 0 unspecified atom stereocenters. The minimum Gasteiger partial charge on any atom is -0.206 e. The average molecular weight is 223 g/mol. The summed E-state index contributed by atoms with van der Waals surface area (Å²) in [5.74, 6) is -0.315. The van der Waals surface area contributed by atoms with E-state index in [4.69, 9.17) is 11.6 Å². The Bertz CT molecular complexity index is 237. The number of halogens is 3. The number of benzene rings is 1. The largest absolute Gasteiger partial charge is 0.206 e. The van der Waals surface area contributed by atoms with Gasteiger partial charge in [-0.2, -0.15) is 0 Å². The quantitative estimate of drug-likeness (QED) is 0.590. The van der Waals surface area contributed by atoms with E-state index in [0.717, 1.165) is 5.56 Å². The van der Waals surface area contributed by atoms with Gasteiger partial charge in [-0.05, 0) is 40.5 Å². The number of hydrogen-bond donors (Lipinski definition) is 0. The van der Waals surface area contributed by atoms with Crippen LogP contribution in [0.2, 0.25) is 5.02 Å². The zero-order valence-electron chi connectivity index (χ0n) is 5.29. The second-order valence-electron chi connectivity index (χ2n) is 2.04. The summed E-state index contributed by atoms with van der Waals surface area (Å²) in [5, 5.41) is 0.414. The van der Waals surface area contributed by atoms with Crippen LogP contribution in [0.1, 0.15) is 5.56 Å². The van der Waals surface area contributed by atoms with Crippen molar-refractivity contribution in [1.82, 2.24) is 0 Å². The molecule has 0 atom stereocenters. The summed E-state index contributed by atoms with van der Waals surface area (Å²) >= 11 is 8.64. The normalized spacial score (nSPS) is 10.0. The maximum atomic E-state index is 12.7. The van der Waals surface area contributed by atoms with Crippen molar-refractivity contribution in [1.29, 1.82) is 0 Å². The molecule has 1 aromatic rings. The van der Waals surface area contributed by atoms with Gasteiger partial charge in [0.25, 0.3) is 0 Å². The highest BCUT2D eigenvalue weighted by Crippen LogP contribution is 2.26. The van der Waals surface area contributed by atoms with Gasteiger partial charge in [-0.25, -0.2) is 4.39 Å². The molecule has 0 aliphatic rings.